The molecule has 1 aliphatic rings. The Morgan fingerprint density at radius 3 is 2.90 bits per heavy atom. The summed E-state index contributed by atoms with van der Waals surface area (Å²) in [6.45, 7) is 2.68. The number of anilines is 1. The molecule has 0 aliphatic carbocycles. The standard InChI is InChI=1S/C14H17IN2O3/c1-9-5-6-17(13(9)14(19)20)8-12(18)16-11-4-2-3-10(15)7-11/h2-4,7,9,13H,5-6,8H2,1H3,(H,16,18)(H,19,20). The Bertz CT molecular complexity index is 521. The Kier molecular flexibility index (Phi) is 4.98. The summed E-state index contributed by atoms with van der Waals surface area (Å²) in [5, 5.41) is 12.0. The Morgan fingerprint density at radius 2 is 2.25 bits per heavy atom. The first-order valence-corrected chi connectivity index (χ1v) is 7.57. The Morgan fingerprint density at radius 1 is 1.50 bits per heavy atom. The molecule has 2 N–H and O–H groups in total. The van der Waals surface area contributed by atoms with Crippen molar-refractivity contribution in [1.82, 2.24) is 4.90 Å². The van der Waals surface area contributed by atoms with Crippen molar-refractivity contribution in [3.05, 3.63) is 27.8 Å². The summed E-state index contributed by atoms with van der Waals surface area (Å²) in [4.78, 5) is 25.0. The van der Waals surface area contributed by atoms with Crippen molar-refractivity contribution in [2.45, 2.75) is 19.4 Å². The number of carboxylic acids is 1. The highest BCUT2D eigenvalue weighted by molar-refractivity contribution is 14.1. The maximum atomic E-state index is 12.0. The van der Waals surface area contributed by atoms with Gasteiger partial charge in [-0.05, 0) is 59.7 Å². The number of benzene rings is 1. The molecule has 0 spiro atoms. The molecule has 0 aromatic heterocycles. The smallest absolute Gasteiger partial charge is 0.321 e. The molecule has 2 unspecified atom stereocenters. The lowest BCUT2D eigenvalue weighted by Gasteiger charge is -2.22. The number of hydrogen-bond acceptors (Lipinski definition) is 3. The molecular formula is C14H17IN2O3. The van der Waals surface area contributed by atoms with E-state index in [1.807, 2.05) is 31.2 Å². The Hall–Kier alpha value is -1.15. The first-order valence-electron chi connectivity index (χ1n) is 6.49. The molecule has 1 aromatic carbocycles. The van der Waals surface area contributed by atoms with E-state index in [2.05, 4.69) is 27.9 Å². The third-order valence-corrected chi connectivity index (χ3v) is 4.18. The van der Waals surface area contributed by atoms with Crippen molar-refractivity contribution in [2.75, 3.05) is 18.4 Å². The molecule has 108 valence electrons. The zero-order valence-electron chi connectivity index (χ0n) is 11.2. The summed E-state index contributed by atoms with van der Waals surface area (Å²) in [5.74, 6) is -0.942. The molecule has 2 atom stereocenters. The van der Waals surface area contributed by atoms with Gasteiger partial charge in [0, 0.05) is 9.26 Å². The number of carboxylic acid groups (broad SMARTS) is 1. The minimum atomic E-state index is -0.850. The number of aliphatic carboxylic acids is 1. The van der Waals surface area contributed by atoms with Gasteiger partial charge in [0.05, 0.1) is 6.54 Å². The van der Waals surface area contributed by atoms with E-state index in [1.54, 1.807) is 4.90 Å². The van der Waals surface area contributed by atoms with Crippen LogP contribution in [0.25, 0.3) is 0 Å². The van der Waals surface area contributed by atoms with Crippen LogP contribution in [0.2, 0.25) is 0 Å². The van der Waals surface area contributed by atoms with Gasteiger partial charge in [-0.25, -0.2) is 0 Å². The van der Waals surface area contributed by atoms with Crippen LogP contribution in [0.3, 0.4) is 0 Å². The van der Waals surface area contributed by atoms with E-state index >= 15 is 0 Å². The van der Waals surface area contributed by atoms with Gasteiger partial charge in [0.2, 0.25) is 5.91 Å². The number of halogens is 1. The first kappa shape index (κ1) is 15.2. The summed E-state index contributed by atoms with van der Waals surface area (Å²) in [6.07, 6.45) is 0.813. The van der Waals surface area contributed by atoms with Gasteiger partial charge in [-0.2, -0.15) is 0 Å². The molecular weight excluding hydrogens is 371 g/mol. The van der Waals surface area contributed by atoms with E-state index in [4.69, 9.17) is 0 Å². The molecule has 0 bridgehead atoms. The number of carbonyl (C=O) groups excluding carboxylic acids is 1. The van der Waals surface area contributed by atoms with Gasteiger partial charge < -0.3 is 10.4 Å². The van der Waals surface area contributed by atoms with Crippen LogP contribution in [-0.4, -0.2) is 41.0 Å². The third-order valence-electron chi connectivity index (χ3n) is 3.51. The van der Waals surface area contributed by atoms with Gasteiger partial charge in [-0.1, -0.05) is 13.0 Å². The third kappa shape index (κ3) is 3.69. The first-order chi connectivity index (χ1) is 9.47. The molecule has 1 fully saturated rings. The number of carbonyl (C=O) groups is 2. The second-order valence-corrected chi connectivity index (χ2v) is 6.32. The molecule has 20 heavy (non-hydrogen) atoms. The average Bonchev–Trinajstić information content (AvgIpc) is 2.70. The van der Waals surface area contributed by atoms with Gasteiger partial charge in [-0.15, -0.1) is 0 Å². The zero-order chi connectivity index (χ0) is 14.7. The SMILES string of the molecule is CC1CCN(CC(=O)Nc2cccc(I)c2)C1C(=O)O. The number of amides is 1. The lowest BCUT2D eigenvalue weighted by molar-refractivity contribution is -0.143. The molecule has 1 amide bonds. The van der Waals surface area contributed by atoms with Crippen LogP contribution in [0.1, 0.15) is 13.3 Å². The topological polar surface area (TPSA) is 69.6 Å². The van der Waals surface area contributed by atoms with Crippen molar-refractivity contribution in [2.24, 2.45) is 5.92 Å². The van der Waals surface area contributed by atoms with Crippen molar-refractivity contribution in [3.8, 4) is 0 Å². The average molecular weight is 388 g/mol. The lowest BCUT2D eigenvalue weighted by Crippen LogP contribution is -2.43. The highest BCUT2D eigenvalue weighted by atomic mass is 127. The largest absolute Gasteiger partial charge is 0.480 e. The normalized spacial score (nSPS) is 22.7. The highest BCUT2D eigenvalue weighted by Crippen LogP contribution is 2.23. The van der Waals surface area contributed by atoms with Crippen LogP contribution < -0.4 is 5.32 Å². The van der Waals surface area contributed by atoms with Crippen LogP contribution >= 0.6 is 22.6 Å². The van der Waals surface area contributed by atoms with Gasteiger partial charge >= 0.3 is 5.97 Å². The molecule has 1 aliphatic heterocycles. The van der Waals surface area contributed by atoms with Gasteiger partial charge in [0.1, 0.15) is 6.04 Å². The molecule has 1 aromatic rings. The zero-order valence-corrected chi connectivity index (χ0v) is 13.3. The Balaban J connectivity index is 1.96. The van der Waals surface area contributed by atoms with Crippen LogP contribution in [-0.2, 0) is 9.59 Å². The van der Waals surface area contributed by atoms with Gasteiger partial charge in [0.25, 0.3) is 0 Å². The highest BCUT2D eigenvalue weighted by Gasteiger charge is 2.37. The number of rotatable bonds is 4. The van der Waals surface area contributed by atoms with Crippen LogP contribution in [0.4, 0.5) is 5.69 Å². The second-order valence-electron chi connectivity index (χ2n) is 5.08. The number of nitrogens with one attached hydrogen (secondary N) is 1. The predicted octanol–water partition coefficient (Wildman–Crippen LogP) is 2.02. The predicted molar refractivity (Wildman–Crippen MR) is 84.6 cm³/mol. The minimum Gasteiger partial charge on any atom is -0.480 e. The van der Waals surface area contributed by atoms with Crippen LogP contribution in [0, 0.1) is 9.49 Å². The minimum absolute atomic E-state index is 0.0815. The number of nitrogens with zero attached hydrogens (tertiary/aromatic N) is 1. The molecule has 6 heteroatoms. The van der Waals surface area contributed by atoms with E-state index in [9.17, 15) is 14.7 Å². The fourth-order valence-electron chi connectivity index (χ4n) is 2.55. The van der Waals surface area contributed by atoms with E-state index in [-0.39, 0.29) is 18.4 Å². The molecule has 1 heterocycles. The molecule has 5 nitrogen and oxygen atoms in total. The fraction of sp³-hybridized carbons (Fsp3) is 0.429. The van der Waals surface area contributed by atoms with Gasteiger partial charge in [-0.3, -0.25) is 14.5 Å². The van der Waals surface area contributed by atoms with Crippen molar-refractivity contribution < 1.29 is 14.7 Å². The van der Waals surface area contributed by atoms with Crippen LogP contribution in [0.15, 0.2) is 24.3 Å². The van der Waals surface area contributed by atoms with Crippen LogP contribution in [0.5, 0.6) is 0 Å². The maximum Gasteiger partial charge on any atom is 0.321 e. The summed E-state index contributed by atoms with van der Waals surface area (Å²) < 4.78 is 1.04. The molecule has 0 saturated carbocycles. The van der Waals surface area contributed by atoms with Crippen molar-refractivity contribution >= 4 is 40.2 Å². The second kappa shape index (κ2) is 6.53. The van der Waals surface area contributed by atoms with Crippen molar-refractivity contribution in [1.29, 1.82) is 0 Å². The van der Waals surface area contributed by atoms with E-state index in [0.717, 1.165) is 15.7 Å². The summed E-state index contributed by atoms with van der Waals surface area (Å²) in [5.41, 5.74) is 0.737. The fourth-order valence-corrected chi connectivity index (χ4v) is 3.10. The molecule has 0 radical (unpaired) electrons. The summed E-state index contributed by atoms with van der Waals surface area (Å²) in [6, 6.07) is 6.95. The van der Waals surface area contributed by atoms with E-state index in [0.29, 0.717) is 6.54 Å². The monoisotopic (exact) mass is 388 g/mol. The Labute approximate surface area is 131 Å². The number of hydrogen-bond donors (Lipinski definition) is 2. The lowest BCUT2D eigenvalue weighted by atomic mass is 10.0. The quantitative estimate of drug-likeness (QED) is 0.775. The summed E-state index contributed by atoms with van der Waals surface area (Å²) >= 11 is 2.18. The number of likely N-dealkylation sites (tertiary alicyclic amines) is 1. The van der Waals surface area contributed by atoms with E-state index in [1.165, 1.54) is 0 Å². The summed E-state index contributed by atoms with van der Waals surface area (Å²) in [7, 11) is 0. The maximum absolute atomic E-state index is 12.0. The molecule has 1 saturated heterocycles. The van der Waals surface area contributed by atoms with E-state index < -0.39 is 12.0 Å². The molecule has 2 rings (SSSR count). The van der Waals surface area contributed by atoms with Gasteiger partial charge in [0.15, 0.2) is 0 Å². The van der Waals surface area contributed by atoms with Crippen molar-refractivity contribution in [3.63, 3.8) is 0 Å².